The maximum Gasteiger partial charge on any atom is 0.336 e. The van der Waals surface area contributed by atoms with Crippen molar-refractivity contribution in [1.82, 2.24) is 0 Å². The molecule has 1 saturated heterocycles. The SMILES string of the molecule is O=C1C[C@@](O)(C(=O)O)C[C@H](CCCCCCc2ccc(Cl)cc2Cl)O1. The van der Waals surface area contributed by atoms with Crippen molar-refractivity contribution in [2.24, 2.45) is 0 Å². The number of aliphatic carboxylic acids is 1. The second kappa shape index (κ2) is 8.88. The van der Waals surface area contributed by atoms with E-state index in [1.54, 1.807) is 6.07 Å². The minimum Gasteiger partial charge on any atom is -0.479 e. The van der Waals surface area contributed by atoms with Crippen LogP contribution in [-0.4, -0.2) is 33.9 Å². The molecule has 0 spiro atoms. The van der Waals surface area contributed by atoms with E-state index < -0.39 is 30.1 Å². The number of hydrogen-bond acceptors (Lipinski definition) is 4. The Morgan fingerprint density at radius 1 is 1.24 bits per heavy atom. The van der Waals surface area contributed by atoms with Crippen LogP contribution in [0, 0.1) is 0 Å². The Hall–Kier alpha value is -1.30. The average molecular weight is 389 g/mol. The number of hydrogen-bond donors (Lipinski definition) is 2. The number of carboxylic acids is 1. The zero-order valence-electron chi connectivity index (χ0n) is 13.8. The van der Waals surface area contributed by atoms with Crippen molar-refractivity contribution < 1.29 is 24.5 Å². The average Bonchev–Trinajstić information content (AvgIpc) is 2.51. The highest BCUT2D eigenvalue weighted by molar-refractivity contribution is 6.35. The Labute approximate surface area is 156 Å². The van der Waals surface area contributed by atoms with Crippen LogP contribution < -0.4 is 0 Å². The predicted octanol–water partition coefficient (Wildman–Crippen LogP) is 4.01. The fraction of sp³-hybridized carbons (Fsp3) is 0.556. The number of ether oxygens (including phenoxy) is 1. The van der Waals surface area contributed by atoms with Gasteiger partial charge in [-0.3, -0.25) is 4.79 Å². The van der Waals surface area contributed by atoms with E-state index in [0.29, 0.717) is 16.5 Å². The molecule has 0 bridgehead atoms. The van der Waals surface area contributed by atoms with E-state index in [1.807, 2.05) is 12.1 Å². The summed E-state index contributed by atoms with van der Waals surface area (Å²) in [5.41, 5.74) is -0.926. The Balaban J connectivity index is 1.67. The molecule has 1 aliphatic rings. The van der Waals surface area contributed by atoms with Crippen LogP contribution >= 0.6 is 23.2 Å². The summed E-state index contributed by atoms with van der Waals surface area (Å²) in [7, 11) is 0. The van der Waals surface area contributed by atoms with Crippen molar-refractivity contribution in [3.63, 3.8) is 0 Å². The summed E-state index contributed by atoms with van der Waals surface area (Å²) in [6.45, 7) is 0. The summed E-state index contributed by atoms with van der Waals surface area (Å²) in [5, 5.41) is 20.3. The second-order valence-corrected chi connectivity index (χ2v) is 7.36. The zero-order chi connectivity index (χ0) is 18.4. The van der Waals surface area contributed by atoms with Crippen molar-refractivity contribution in [2.75, 3.05) is 0 Å². The van der Waals surface area contributed by atoms with Gasteiger partial charge in [0.15, 0.2) is 5.60 Å². The number of cyclic esters (lactones) is 1. The van der Waals surface area contributed by atoms with Crippen LogP contribution in [0.1, 0.15) is 50.5 Å². The molecular formula is C18H22Cl2O5. The number of carbonyl (C=O) groups is 2. The molecular weight excluding hydrogens is 367 g/mol. The number of carboxylic acid groups (broad SMARTS) is 1. The van der Waals surface area contributed by atoms with Gasteiger partial charge in [-0.2, -0.15) is 0 Å². The number of rotatable bonds is 8. The maximum atomic E-state index is 11.5. The quantitative estimate of drug-likeness (QED) is 0.519. The van der Waals surface area contributed by atoms with E-state index in [4.69, 9.17) is 33.0 Å². The molecule has 0 aliphatic carbocycles. The first kappa shape index (κ1) is 20.0. The number of benzene rings is 1. The highest BCUT2D eigenvalue weighted by atomic mass is 35.5. The molecule has 1 aliphatic heterocycles. The molecule has 0 aromatic heterocycles. The fourth-order valence-corrected chi connectivity index (χ4v) is 3.55. The minimum absolute atomic E-state index is 0.0472. The lowest BCUT2D eigenvalue weighted by Crippen LogP contribution is -2.48. The molecule has 2 rings (SSSR count). The van der Waals surface area contributed by atoms with E-state index in [1.165, 1.54) is 0 Å². The molecule has 1 aromatic carbocycles. The highest BCUT2D eigenvalue weighted by Crippen LogP contribution is 2.29. The first-order valence-electron chi connectivity index (χ1n) is 8.39. The number of aliphatic hydroxyl groups is 1. The molecule has 1 heterocycles. The third-order valence-electron chi connectivity index (χ3n) is 4.44. The normalized spacial score (nSPS) is 23.3. The van der Waals surface area contributed by atoms with Crippen LogP contribution in [0.3, 0.4) is 0 Å². The molecule has 138 valence electrons. The standard InChI is InChI=1S/C18H22Cl2O5/c19-13-8-7-12(15(20)9-13)5-3-1-2-4-6-14-10-18(24,17(22)23)11-16(21)25-14/h7-9,14,24H,1-6,10-11H2,(H,22,23)/t14-,18+/m0/s1. The summed E-state index contributed by atoms with van der Waals surface area (Å²) in [6.07, 6.45) is 4.07. The van der Waals surface area contributed by atoms with Gasteiger partial charge < -0.3 is 14.9 Å². The monoisotopic (exact) mass is 388 g/mol. The summed E-state index contributed by atoms with van der Waals surface area (Å²) < 4.78 is 5.14. The predicted molar refractivity (Wildman–Crippen MR) is 95.0 cm³/mol. The van der Waals surface area contributed by atoms with E-state index in [0.717, 1.165) is 37.7 Å². The van der Waals surface area contributed by atoms with Crippen molar-refractivity contribution in [3.05, 3.63) is 33.8 Å². The molecule has 2 atom stereocenters. The fourth-order valence-electron chi connectivity index (χ4n) is 3.05. The Bertz CT molecular complexity index is 634. The van der Waals surface area contributed by atoms with Crippen molar-refractivity contribution >= 4 is 35.1 Å². The minimum atomic E-state index is -1.99. The van der Waals surface area contributed by atoms with Crippen molar-refractivity contribution in [1.29, 1.82) is 0 Å². The van der Waals surface area contributed by atoms with Gasteiger partial charge in [0, 0.05) is 16.5 Å². The van der Waals surface area contributed by atoms with Gasteiger partial charge in [0.25, 0.3) is 0 Å². The summed E-state index contributed by atoms with van der Waals surface area (Å²) in [5.74, 6) is -2.02. The van der Waals surface area contributed by atoms with Gasteiger partial charge in [-0.1, -0.05) is 42.1 Å². The second-order valence-electron chi connectivity index (χ2n) is 6.52. The van der Waals surface area contributed by atoms with Gasteiger partial charge >= 0.3 is 11.9 Å². The van der Waals surface area contributed by atoms with Crippen molar-refractivity contribution in [3.8, 4) is 0 Å². The summed E-state index contributed by atoms with van der Waals surface area (Å²) >= 11 is 12.0. The number of unbranched alkanes of at least 4 members (excludes halogenated alkanes) is 3. The van der Waals surface area contributed by atoms with Crippen LogP contribution in [0.15, 0.2) is 18.2 Å². The number of halogens is 2. The van der Waals surface area contributed by atoms with Gasteiger partial charge in [-0.25, -0.2) is 4.79 Å². The third kappa shape index (κ3) is 5.87. The van der Waals surface area contributed by atoms with Crippen LogP contribution in [0.2, 0.25) is 10.0 Å². The lowest BCUT2D eigenvalue weighted by molar-refractivity contribution is -0.185. The largest absolute Gasteiger partial charge is 0.479 e. The Kier molecular flexibility index (Phi) is 7.11. The van der Waals surface area contributed by atoms with E-state index >= 15 is 0 Å². The molecule has 0 saturated carbocycles. The van der Waals surface area contributed by atoms with Gasteiger partial charge in [0.05, 0.1) is 6.42 Å². The highest BCUT2D eigenvalue weighted by Gasteiger charge is 2.45. The lowest BCUT2D eigenvalue weighted by Gasteiger charge is -2.32. The van der Waals surface area contributed by atoms with Crippen LogP contribution in [0.25, 0.3) is 0 Å². The molecule has 25 heavy (non-hydrogen) atoms. The molecule has 5 nitrogen and oxygen atoms in total. The first-order valence-corrected chi connectivity index (χ1v) is 9.15. The molecule has 0 unspecified atom stereocenters. The van der Waals surface area contributed by atoms with E-state index in [9.17, 15) is 14.7 Å². The van der Waals surface area contributed by atoms with Gasteiger partial charge in [-0.05, 0) is 43.4 Å². The molecule has 0 amide bonds. The molecule has 1 aromatic rings. The smallest absolute Gasteiger partial charge is 0.336 e. The van der Waals surface area contributed by atoms with Crippen LogP contribution in [0.5, 0.6) is 0 Å². The summed E-state index contributed by atoms with van der Waals surface area (Å²) in [4.78, 5) is 22.6. The van der Waals surface area contributed by atoms with Gasteiger partial charge in [0.2, 0.25) is 0 Å². The Morgan fingerprint density at radius 3 is 2.64 bits per heavy atom. The number of esters is 1. The first-order chi connectivity index (χ1) is 11.8. The lowest BCUT2D eigenvalue weighted by atomic mass is 9.88. The van der Waals surface area contributed by atoms with Crippen LogP contribution in [0.4, 0.5) is 0 Å². The number of carbonyl (C=O) groups excluding carboxylic acids is 1. The van der Waals surface area contributed by atoms with Gasteiger partial charge in [0.1, 0.15) is 6.10 Å². The molecule has 0 radical (unpaired) electrons. The third-order valence-corrected chi connectivity index (χ3v) is 5.02. The zero-order valence-corrected chi connectivity index (χ0v) is 15.4. The van der Waals surface area contributed by atoms with E-state index in [-0.39, 0.29) is 6.42 Å². The van der Waals surface area contributed by atoms with Gasteiger partial charge in [-0.15, -0.1) is 0 Å². The Morgan fingerprint density at radius 2 is 1.96 bits per heavy atom. The number of aryl methyl sites for hydroxylation is 1. The molecule has 1 fully saturated rings. The van der Waals surface area contributed by atoms with Crippen molar-refractivity contribution in [2.45, 2.75) is 63.1 Å². The van der Waals surface area contributed by atoms with E-state index in [2.05, 4.69) is 0 Å². The summed E-state index contributed by atoms with van der Waals surface area (Å²) in [6, 6.07) is 5.49. The molecule has 2 N–H and O–H groups in total. The maximum absolute atomic E-state index is 11.5. The van der Waals surface area contributed by atoms with Crippen LogP contribution in [-0.2, 0) is 20.7 Å². The topological polar surface area (TPSA) is 83.8 Å². The molecule has 7 heteroatoms.